The molecule has 0 heterocycles. The summed E-state index contributed by atoms with van der Waals surface area (Å²) in [5.41, 5.74) is 7.19. The van der Waals surface area contributed by atoms with Crippen molar-refractivity contribution in [1.82, 2.24) is 5.32 Å². The van der Waals surface area contributed by atoms with Crippen molar-refractivity contribution in [3.8, 4) is 0 Å². The molecule has 15 heavy (non-hydrogen) atoms. The van der Waals surface area contributed by atoms with Gasteiger partial charge in [-0.2, -0.15) is 0 Å². The summed E-state index contributed by atoms with van der Waals surface area (Å²) in [7, 11) is 1.77. The average Bonchev–Trinajstić information content (AvgIpc) is 2.27. The van der Waals surface area contributed by atoms with Crippen LogP contribution in [0, 0.1) is 0 Å². The highest BCUT2D eigenvalue weighted by atomic mass is 16.5. The molecule has 84 valence electrons. The lowest BCUT2D eigenvalue weighted by atomic mass is 10.2. The second-order valence-corrected chi connectivity index (χ2v) is 2.83. The Morgan fingerprint density at radius 3 is 2.67 bits per heavy atom. The summed E-state index contributed by atoms with van der Waals surface area (Å²) in [5, 5.41) is 2.97. The molecule has 0 bridgehead atoms. The summed E-state index contributed by atoms with van der Waals surface area (Å²) in [4.78, 5) is 10.1. The van der Waals surface area contributed by atoms with E-state index >= 15 is 0 Å². The fourth-order valence-corrected chi connectivity index (χ4v) is 0.973. The number of aldehydes is 1. The van der Waals surface area contributed by atoms with Crippen LogP contribution in [0.2, 0.25) is 0 Å². The van der Waals surface area contributed by atoms with Gasteiger partial charge in [-0.15, -0.1) is 0 Å². The number of nitrogens with two attached hydrogens (primary N) is 1. The molecule has 3 N–H and O–H groups in total. The highest BCUT2D eigenvalue weighted by Gasteiger charge is 1.99. The van der Waals surface area contributed by atoms with Gasteiger partial charge < -0.3 is 15.8 Å². The van der Waals surface area contributed by atoms with Crippen LogP contribution in [0.25, 0.3) is 0 Å². The number of hydrogen-bond acceptors (Lipinski definition) is 4. The van der Waals surface area contributed by atoms with Crippen molar-refractivity contribution >= 4 is 6.29 Å². The smallest absolute Gasteiger partial charge is 0.157 e. The lowest BCUT2D eigenvalue weighted by Crippen LogP contribution is -2.11. The van der Waals surface area contributed by atoms with Crippen LogP contribution in [-0.2, 0) is 9.53 Å². The minimum absolute atomic E-state index is 0.0525. The maximum Gasteiger partial charge on any atom is 0.157 e. The predicted octanol–water partition coefficient (Wildman–Crippen LogP) is 0.724. The summed E-state index contributed by atoms with van der Waals surface area (Å²) in [6, 6.07) is 0. The highest BCUT2D eigenvalue weighted by molar-refractivity contribution is 5.50. The van der Waals surface area contributed by atoms with E-state index < -0.39 is 0 Å². The molecule has 0 aliphatic rings. The Bertz CT molecular complexity index is 280. The van der Waals surface area contributed by atoms with Gasteiger partial charge in [-0.25, -0.2) is 0 Å². The van der Waals surface area contributed by atoms with E-state index in [0.717, 1.165) is 11.3 Å². The van der Waals surface area contributed by atoms with Gasteiger partial charge in [-0.05, 0) is 18.6 Å². The van der Waals surface area contributed by atoms with Gasteiger partial charge in [-0.1, -0.05) is 12.7 Å². The van der Waals surface area contributed by atoms with Crippen molar-refractivity contribution in [1.29, 1.82) is 0 Å². The Balaban J connectivity index is 4.78. The second-order valence-electron chi connectivity index (χ2n) is 2.83. The molecule has 0 aliphatic carbocycles. The molecule has 0 radical (unpaired) electrons. The summed E-state index contributed by atoms with van der Waals surface area (Å²) >= 11 is 0. The Labute approximate surface area is 90.5 Å². The summed E-state index contributed by atoms with van der Waals surface area (Å²) in [6.45, 7) is 5.89. The van der Waals surface area contributed by atoms with Gasteiger partial charge >= 0.3 is 0 Å². The third-order valence-corrected chi connectivity index (χ3v) is 1.84. The maximum atomic E-state index is 10.1. The van der Waals surface area contributed by atoms with Crippen molar-refractivity contribution in [2.75, 3.05) is 20.2 Å². The number of hydrogen-bond donors (Lipinski definition) is 2. The molecular weight excluding hydrogens is 192 g/mol. The van der Waals surface area contributed by atoms with Crippen molar-refractivity contribution in [3.05, 3.63) is 35.8 Å². The van der Waals surface area contributed by atoms with E-state index in [1.807, 2.05) is 6.08 Å². The quantitative estimate of drug-likeness (QED) is 0.369. The van der Waals surface area contributed by atoms with Crippen LogP contribution in [0.4, 0.5) is 0 Å². The molecule has 0 aliphatic heterocycles. The number of carbonyl (C=O) groups is 1. The van der Waals surface area contributed by atoms with Crippen molar-refractivity contribution in [2.24, 2.45) is 5.73 Å². The minimum Gasteiger partial charge on any atom is -0.489 e. The molecule has 0 aromatic rings. The van der Waals surface area contributed by atoms with Crippen LogP contribution in [-0.4, -0.2) is 26.5 Å². The fraction of sp³-hybridized carbons (Fsp3) is 0.364. The fourth-order valence-electron chi connectivity index (χ4n) is 0.973. The van der Waals surface area contributed by atoms with Crippen LogP contribution in [0.1, 0.15) is 6.92 Å². The number of carbonyl (C=O) groups excluding carboxylic acids is 1. The van der Waals surface area contributed by atoms with E-state index in [4.69, 9.17) is 10.5 Å². The van der Waals surface area contributed by atoms with Crippen molar-refractivity contribution in [3.63, 3.8) is 0 Å². The number of allylic oxidation sites excluding steroid dienone is 2. The van der Waals surface area contributed by atoms with E-state index in [9.17, 15) is 4.79 Å². The van der Waals surface area contributed by atoms with Gasteiger partial charge in [0.15, 0.2) is 6.29 Å². The second kappa shape index (κ2) is 7.82. The zero-order valence-electron chi connectivity index (χ0n) is 9.25. The van der Waals surface area contributed by atoms with Gasteiger partial charge in [0.2, 0.25) is 0 Å². The third kappa shape index (κ3) is 5.02. The molecule has 0 aromatic carbocycles. The lowest BCUT2D eigenvalue weighted by molar-refractivity contribution is -0.110. The van der Waals surface area contributed by atoms with Crippen LogP contribution in [0.3, 0.4) is 0 Å². The maximum absolute atomic E-state index is 10.1. The molecule has 0 unspecified atom stereocenters. The largest absolute Gasteiger partial charge is 0.489 e. The van der Waals surface area contributed by atoms with Crippen LogP contribution < -0.4 is 11.1 Å². The Kier molecular flexibility index (Phi) is 7.01. The first-order chi connectivity index (χ1) is 7.19. The topological polar surface area (TPSA) is 64.3 Å². The normalized spacial score (nSPS) is 12.9. The molecule has 4 heteroatoms. The van der Waals surface area contributed by atoms with E-state index in [1.54, 1.807) is 20.0 Å². The van der Waals surface area contributed by atoms with Gasteiger partial charge in [0.25, 0.3) is 0 Å². The van der Waals surface area contributed by atoms with Gasteiger partial charge in [-0.3, -0.25) is 4.79 Å². The molecule has 4 nitrogen and oxygen atoms in total. The first-order valence-electron chi connectivity index (χ1n) is 4.67. The van der Waals surface area contributed by atoms with E-state index in [1.165, 1.54) is 0 Å². The minimum atomic E-state index is 0.0525. The number of likely N-dealkylation sites (N-methyl/N-ethyl adjacent to an activating group) is 1. The van der Waals surface area contributed by atoms with Gasteiger partial charge in [0.1, 0.15) is 12.4 Å². The molecule has 0 saturated heterocycles. The standard InChI is InChI=1S/C11H18N2O2/c1-4-10(8-12)7-11(13-3)9(2)15-6-5-14/h4-5,7,13H,1,6,8,12H2,2-3H3/b10-7+,11-9-. The average molecular weight is 210 g/mol. The molecule has 0 atom stereocenters. The number of rotatable bonds is 7. The highest BCUT2D eigenvalue weighted by Crippen LogP contribution is 2.06. The monoisotopic (exact) mass is 210 g/mol. The molecule has 0 rings (SSSR count). The molecule has 0 saturated carbocycles. The Hall–Kier alpha value is -1.55. The molecule has 0 spiro atoms. The number of nitrogens with one attached hydrogen (secondary N) is 1. The SMILES string of the molecule is C=C/C(=C\C(NC)=C(/C)OCC=O)CN. The van der Waals surface area contributed by atoms with E-state index in [-0.39, 0.29) is 6.61 Å². The zero-order chi connectivity index (χ0) is 11.7. The summed E-state index contributed by atoms with van der Waals surface area (Å²) < 4.78 is 5.16. The van der Waals surface area contributed by atoms with E-state index in [0.29, 0.717) is 18.6 Å². The summed E-state index contributed by atoms with van der Waals surface area (Å²) in [6.07, 6.45) is 4.23. The Morgan fingerprint density at radius 2 is 2.27 bits per heavy atom. The van der Waals surface area contributed by atoms with Gasteiger partial charge in [0.05, 0.1) is 5.70 Å². The van der Waals surface area contributed by atoms with Crippen molar-refractivity contribution in [2.45, 2.75) is 6.92 Å². The predicted molar refractivity (Wildman–Crippen MR) is 61.1 cm³/mol. The van der Waals surface area contributed by atoms with Crippen molar-refractivity contribution < 1.29 is 9.53 Å². The van der Waals surface area contributed by atoms with Crippen LogP contribution in [0.5, 0.6) is 0 Å². The summed E-state index contributed by atoms with van der Waals surface area (Å²) in [5.74, 6) is 0.650. The molecule has 0 fully saturated rings. The van der Waals surface area contributed by atoms with E-state index in [2.05, 4.69) is 11.9 Å². The molecule has 0 aromatic heterocycles. The van der Waals surface area contributed by atoms with Crippen LogP contribution >= 0.6 is 0 Å². The van der Waals surface area contributed by atoms with Crippen LogP contribution in [0.15, 0.2) is 35.8 Å². The first kappa shape index (κ1) is 13.4. The lowest BCUT2D eigenvalue weighted by Gasteiger charge is -2.09. The Morgan fingerprint density at radius 1 is 1.60 bits per heavy atom. The first-order valence-corrected chi connectivity index (χ1v) is 4.67. The molecular formula is C11H18N2O2. The molecule has 0 amide bonds. The third-order valence-electron chi connectivity index (χ3n) is 1.84. The van der Waals surface area contributed by atoms with Gasteiger partial charge in [0, 0.05) is 13.6 Å². The number of ether oxygens (including phenoxy) is 1. The zero-order valence-corrected chi connectivity index (χ0v) is 9.25.